The van der Waals surface area contributed by atoms with E-state index in [4.69, 9.17) is 14.2 Å². The van der Waals surface area contributed by atoms with Gasteiger partial charge in [0.05, 0.1) is 0 Å². The first-order valence-electron chi connectivity index (χ1n) is 35.7. The molecule has 0 radical (unpaired) electrons. The van der Waals surface area contributed by atoms with E-state index < -0.39 is 6.10 Å². The maximum absolute atomic E-state index is 13.0. The summed E-state index contributed by atoms with van der Waals surface area (Å²) in [5.41, 5.74) is 0. The van der Waals surface area contributed by atoms with Gasteiger partial charge in [0.15, 0.2) is 6.10 Å². The molecule has 0 N–H and O–H groups in total. The highest BCUT2D eigenvalue weighted by Crippen LogP contribution is 2.18. The number of hydrogen-bond donors (Lipinski definition) is 0. The largest absolute Gasteiger partial charge is 0.462 e. The predicted molar refractivity (Wildman–Crippen MR) is 362 cm³/mol. The van der Waals surface area contributed by atoms with E-state index in [1.54, 1.807) is 0 Å². The minimum absolute atomic E-state index is 0.0856. The Balaban J connectivity index is 4.27. The molecule has 1 atom stereocenters. The van der Waals surface area contributed by atoms with Gasteiger partial charge < -0.3 is 14.2 Å². The van der Waals surface area contributed by atoms with E-state index in [1.165, 1.54) is 199 Å². The fourth-order valence-corrected chi connectivity index (χ4v) is 10.3. The van der Waals surface area contributed by atoms with Crippen molar-refractivity contribution in [2.75, 3.05) is 13.2 Å². The molecule has 0 spiro atoms. The maximum atomic E-state index is 13.0. The SMILES string of the molecule is CC/C=C\C/C=C\C/C=C\C/C=C\C/C=C\CCCCCCCCCCCCCC(=O)OCC(COC(=O)CCCCC/C=C\C/C=C\C/C=C\CC)OC(=O)CCCCCCCCCCCCCCCCCCCCCCCCCCC. The number of carbonyl (C=O) groups excluding carboxylic acids is 3. The van der Waals surface area contributed by atoms with Gasteiger partial charge in [0, 0.05) is 19.3 Å². The lowest BCUT2D eigenvalue weighted by atomic mass is 10.0. The number of hydrogen-bond acceptors (Lipinski definition) is 6. The van der Waals surface area contributed by atoms with E-state index in [2.05, 4.69) is 118 Å². The highest BCUT2D eigenvalue weighted by Gasteiger charge is 2.19. The van der Waals surface area contributed by atoms with Crippen LogP contribution in [0.5, 0.6) is 0 Å². The molecule has 0 heterocycles. The van der Waals surface area contributed by atoms with Gasteiger partial charge in [-0.15, -0.1) is 0 Å². The number of carbonyl (C=O) groups is 3. The highest BCUT2D eigenvalue weighted by molar-refractivity contribution is 5.71. The van der Waals surface area contributed by atoms with Gasteiger partial charge in [0.25, 0.3) is 0 Å². The molecular weight excluding hydrogens is 1020 g/mol. The van der Waals surface area contributed by atoms with Crippen LogP contribution in [0.1, 0.15) is 355 Å². The van der Waals surface area contributed by atoms with Crippen molar-refractivity contribution in [3.63, 3.8) is 0 Å². The van der Waals surface area contributed by atoms with Crippen LogP contribution in [0.25, 0.3) is 0 Å². The van der Waals surface area contributed by atoms with E-state index >= 15 is 0 Å². The zero-order valence-corrected chi connectivity index (χ0v) is 54.9. The molecule has 0 saturated heterocycles. The molecular formula is C77H134O6. The fraction of sp³-hybridized carbons (Fsp3) is 0.753. The molecule has 6 heteroatoms. The second-order valence-corrected chi connectivity index (χ2v) is 23.7. The van der Waals surface area contributed by atoms with E-state index in [0.29, 0.717) is 19.3 Å². The molecule has 0 bridgehead atoms. The molecule has 83 heavy (non-hydrogen) atoms. The van der Waals surface area contributed by atoms with Crippen LogP contribution in [0, 0.1) is 0 Å². The van der Waals surface area contributed by atoms with Gasteiger partial charge in [-0.2, -0.15) is 0 Å². The average Bonchev–Trinajstić information content (AvgIpc) is 3.49. The van der Waals surface area contributed by atoms with Gasteiger partial charge >= 0.3 is 17.9 Å². The van der Waals surface area contributed by atoms with Crippen molar-refractivity contribution < 1.29 is 28.6 Å². The third-order valence-electron chi connectivity index (χ3n) is 15.6. The molecule has 0 fully saturated rings. The van der Waals surface area contributed by atoms with Crippen LogP contribution in [0.4, 0.5) is 0 Å². The summed E-state index contributed by atoms with van der Waals surface area (Å²) < 4.78 is 17.0. The van der Waals surface area contributed by atoms with Crippen LogP contribution in [0.3, 0.4) is 0 Å². The van der Waals surface area contributed by atoms with Gasteiger partial charge in [0.2, 0.25) is 0 Å². The summed E-state index contributed by atoms with van der Waals surface area (Å²) in [6.07, 6.45) is 95.9. The van der Waals surface area contributed by atoms with Crippen molar-refractivity contribution in [3.8, 4) is 0 Å². The van der Waals surface area contributed by atoms with Crippen LogP contribution < -0.4 is 0 Å². The van der Waals surface area contributed by atoms with Crippen molar-refractivity contribution in [1.29, 1.82) is 0 Å². The summed E-state index contributed by atoms with van der Waals surface area (Å²) in [5, 5.41) is 0. The Morgan fingerprint density at radius 3 is 0.747 bits per heavy atom. The van der Waals surface area contributed by atoms with Gasteiger partial charge in [-0.25, -0.2) is 0 Å². The van der Waals surface area contributed by atoms with Crippen molar-refractivity contribution in [1.82, 2.24) is 0 Å². The molecule has 1 unspecified atom stereocenters. The lowest BCUT2D eigenvalue weighted by Crippen LogP contribution is -2.30. The fourth-order valence-electron chi connectivity index (χ4n) is 10.3. The van der Waals surface area contributed by atoms with Crippen molar-refractivity contribution >= 4 is 17.9 Å². The minimum Gasteiger partial charge on any atom is -0.462 e. The van der Waals surface area contributed by atoms with Crippen LogP contribution in [0.15, 0.2) is 97.2 Å². The summed E-state index contributed by atoms with van der Waals surface area (Å²) in [6, 6.07) is 0. The topological polar surface area (TPSA) is 78.9 Å². The van der Waals surface area contributed by atoms with Crippen LogP contribution in [0.2, 0.25) is 0 Å². The predicted octanol–water partition coefficient (Wildman–Crippen LogP) is 24.8. The number of allylic oxidation sites excluding steroid dienone is 16. The Labute approximate surface area is 515 Å². The second kappa shape index (κ2) is 70.8. The number of rotatable bonds is 65. The van der Waals surface area contributed by atoms with E-state index in [0.717, 1.165) is 116 Å². The Morgan fingerprint density at radius 2 is 0.470 bits per heavy atom. The molecule has 0 aromatic heterocycles. The lowest BCUT2D eigenvalue weighted by Gasteiger charge is -2.18. The normalized spacial score (nSPS) is 12.7. The van der Waals surface area contributed by atoms with Gasteiger partial charge in [-0.1, -0.05) is 336 Å². The Bertz CT molecular complexity index is 1610. The molecule has 0 aliphatic rings. The van der Waals surface area contributed by atoms with Crippen molar-refractivity contribution in [2.45, 2.75) is 361 Å². The number of esters is 3. The molecule has 0 saturated carbocycles. The van der Waals surface area contributed by atoms with E-state index in [-0.39, 0.29) is 31.1 Å². The average molecular weight is 1160 g/mol. The van der Waals surface area contributed by atoms with E-state index in [1.807, 2.05) is 0 Å². The van der Waals surface area contributed by atoms with Crippen LogP contribution in [-0.4, -0.2) is 37.2 Å². The molecule has 0 aromatic carbocycles. The minimum atomic E-state index is -0.791. The molecule has 6 nitrogen and oxygen atoms in total. The summed E-state index contributed by atoms with van der Waals surface area (Å²) >= 11 is 0. The zero-order chi connectivity index (χ0) is 59.9. The monoisotopic (exact) mass is 1160 g/mol. The van der Waals surface area contributed by atoms with Gasteiger partial charge in [-0.05, 0) is 96.3 Å². The third kappa shape index (κ3) is 69.0. The molecule has 0 aromatic rings. The Hall–Kier alpha value is -3.67. The first kappa shape index (κ1) is 79.3. The Morgan fingerprint density at radius 1 is 0.253 bits per heavy atom. The first-order chi connectivity index (χ1) is 41.0. The van der Waals surface area contributed by atoms with E-state index in [9.17, 15) is 14.4 Å². The summed E-state index contributed by atoms with van der Waals surface area (Å²) in [6.45, 7) is 6.43. The molecule has 478 valence electrons. The second-order valence-electron chi connectivity index (χ2n) is 23.7. The molecule has 0 aliphatic carbocycles. The zero-order valence-electron chi connectivity index (χ0n) is 54.9. The third-order valence-corrected chi connectivity index (χ3v) is 15.6. The maximum Gasteiger partial charge on any atom is 0.306 e. The highest BCUT2D eigenvalue weighted by atomic mass is 16.6. The quantitative estimate of drug-likeness (QED) is 0.0261. The number of ether oxygens (including phenoxy) is 3. The van der Waals surface area contributed by atoms with Crippen molar-refractivity contribution in [3.05, 3.63) is 97.2 Å². The van der Waals surface area contributed by atoms with Gasteiger partial charge in [-0.3, -0.25) is 14.4 Å². The lowest BCUT2D eigenvalue weighted by molar-refractivity contribution is -0.167. The summed E-state index contributed by atoms with van der Waals surface area (Å²) in [7, 11) is 0. The van der Waals surface area contributed by atoms with Gasteiger partial charge in [0.1, 0.15) is 13.2 Å². The van der Waals surface area contributed by atoms with Crippen molar-refractivity contribution in [2.24, 2.45) is 0 Å². The Kier molecular flexibility index (Phi) is 67.7. The first-order valence-corrected chi connectivity index (χ1v) is 35.7. The van der Waals surface area contributed by atoms with Crippen LogP contribution in [-0.2, 0) is 28.6 Å². The molecule has 0 rings (SSSR count). The van der Waals surface area contributed by atoms with Crippen LogP contribution >= 0.6 is 0 Å². The molecule has 0 aliphatic heterocycles. The number of unbranched alkanes of at least 4 members (excludes halogenated alkanes) is 38. The summed E-state index contributed by atoms with van der Waals surface area (Å²) in [5.74, 6) is -0.901. The summed E-state index contributed by atoms with van der Waals surface area (Å²) in [4.78, 5) is 38.4. The smallest absolute Gasteiger partial charge is 0.306 e. The standard InChI is InChI=1S/C77H134O6/c1-4-7-10-13-16-19-22-25-27-29-31-33-35-37-38-40-41-43-45-47-49-52-55-58-61-64-67-70-76(79)82-73-74(72-81-75(78)69-66-63-60-57-54-51-24-21-18-15-12-9-6-3)83-77(80)71-68-65-62-59-56-53-50-48-46-44-42-39-36-34-32-30-28-26-23-20-17-14-11-8-5-2/h7,9-10,12,16,18-19,21,25,27,31,33,37-38,51,54,74H,4-6,8,11,13-15,17,20,22-24,26,28-30,32,34-36,39-50,52-53,55-73H2,1-3H3/b10-7-,12-9-,19-16-,21-18-,27-25-,33-31-,38-37-,54-51-. The molecule has 0 amide bonds.